The molecule has 3 heterocycles. The van der Waals surface area contributed by atoms with E-state index in [0.717, 1.165) is 5.56 Å². The number of methoxy groups -OCH3 is 1. The molecule has 1 aromatic carbocycles. The molecule has 3 aromatic rings. The van der Waals surface area contributed by atoms with Gasteiger partial charge >= 0.3 is 0 Å². The second-order valence-corrected chi connectivity index (χ2v) is 5.13. The molecule has 0 unspecified atom stereocenters. The molecule has 8 heteroatoms. The lowest BCUT2D eigenvalue weighted by Crippen LogP contribution is -2.15. The third-order valence-corrected chi connectivity index (χ3v) is 3.79. The second-order valence-electron chi connectivity index (χ2n) is 5.13. The van der Waals surface area contributed by atoms with Gasteiger partial charge in [0.1, 0.15) is 0 Å². The van der Waals surface area contributed by atoms with E-state index in [1.165, 1.54) is 17.7 Å². The number of rotatable bonds is 2. The Kier molecular flexibility index (Phi) is 3.23. The minimum Gasteiger partial charge on any atom is -0.481 e. The summed E-state index contributed by atoms with van der Waals surface area (Å²) in [5, 5.41) is 2.86. The van der Waals surface area contributed by atoms with Crippen molar-refractivity contribution in [3.63, 3.8) is 0 Å². The first-order chi connectivity index (χ1) is 11.7. The Morgan fingerprint density at radius 1 is 1.33 bits per heavy atom. The summed E-state index contributed by atoms with van der Waals surface area (Å²) in [4.78, 5) is 21.0. The highest BCUT2D eigenvalue weighted by Crippen LogP contribution is 2.35. The molecule has 2 aromatic heterocycles. The Morgan fingerprint density at radius 2 is 2.17 bits per heavy atom. The largest absolute Gasteiger partial charge is 0.481 e. The van der Waals surface area contributed by atoms with Crippen LogP contribution in [0, 0.1) is 0 Å². The summed E-state index contributed by atoms with van der Waals surface area (Å²) in [5.74, 6) is 1.71. The fraction of sp³-hybridized carbons (Fsp3) is 0.188. The molecule has 0 saturated heterocycles. The van der Waals surface area contributed by atoms with Crippen LogP contribution in [0.25, 0.3) is 16.9 Å². The van der Waals surface area contributed by atoms with E-state index in [1.807, 2.05) is 6.07 Å². The summed E-state index contributed by atoms with van der Waals surface area (Å²) in [6.45, 7) is 0.194. The van der Waals surface area contributed by atoms with Gasteiger partial charge in [-0.25, -0.2) is 9.50 Å². The predicted molar refractivity (Wildman–Crippen MR) is 86.8 cm³/mol. The van der Waals surface area contributed by atoms with Gasteiger partial charge in [-0.3, -0.25) is 14.9 Å². The molecule has 1 N–H and O–H groups in total. The van der Waals surface area contributed by atoms with Crippen molar-refractivity contribution >= 4 is 11.5 Å². The fourth-order valence-electron chi connectivity index (χ4n) is 2.66. The molecule has 1 aliphatic heterocycles. The van der Waals surface area contributed by atoms with Gasteiger partial charge < -0.3 is 14.2 Å². The Hall–Kier alpha value is -3.29. The molecule has 0 saturated carbocycles. The molecule has 0 bridgehead atoms. The molecule has 0 aliphatic carbocycles. The van der Waals surface area contributed by atoms with Crippen molar-refractivity contribution in [2.75, 3.05) is 21.0 Å². The summed E-state index contributed by atoms with van der Waals surface area (Å²) in [5.41, 5.74) is 2.12. The van der Waals surface area contributed by atoms with Crippen LogP contribution in [0.3, 0.4) is 0 Å². The molecule has 122 valence electrons. The van der Waals surface area contributed by atoms with Crippen LogP contribution < -0.4 is 15.0 Å². The normalized spacial score (nSPS) is 13.5. The van der Waals surface area contributed by atoms with Crippen LogP contribution in [0.2, 0.25) is 0 Å². The van der Waals surface area contributed by atoms with Gasteiger partial charge in [0.05, 0.1) is 18.4 Å². The number of nitrogens with zero attached hydrogens (tertiary/aromatic N) is 3. The molecule has 24 heavy (non-hydrogen) atoms. The standard InChI is InChI=1S/C16H14N4O4/c1-17-16(22-2)10-7-18-20-14(21)6-11(19-15(10)20)9-3-4-12-13(5-9)24-8-23-12/h3-7,18H,8H2,1-2H3. The van der Waals surface area contributed by atoms with E-state index in [9.17, 15) is 4.79 Å². The monoisotopic (exact) mass is 326 g/mol. The highest BCUT2D eigenvalue weighted by Gasteiger charge is 2.17. The second kappa shape index (κ2) is 5.41. The lowest BCUT2D eigenvalue weighted by atomic mass is 10.1. The number of fused-ring (bicyclic) bond motifs is 2. The van der Waals surface area contributed by atoms with E-state index in [2.05, 4.69) is 15.1 Å². The van der Waals surface area contributed by atoms with Crippen molar-refractivity contribution in [2.24, 2.45) is 4.99 Å². The van der Waals surface area contributed by atoms with Crippen LogP contribution >= 0.6 is 0 Å². The summed E-state index contributed by atoms with van der Waals surface area (Å²) in [6, 6.07) is 6.90. The zero-order chi connectivity index (χ0) is 16.7. The zero-order valence-corrected chi connectivity index (χ0v) is 13.1. The number of aromatic nitrogens is 3. The minimum absolute atomic E-state index is 0.194. The highest BCUT2D eigenvalue weighted by atomic mass is 16.7. The van der Waals surface area contributed by atoms with Crippen LogP contribution in [0.15, 0.2) is 40.2 Å². The number of ether oxygens (including phenoxy) is 3. The summed E-state index contributed by atoms with van der Waals surface area (Å²) in [7, 11) is 3.13. The SMILES string of the molecule is CN=C(OC)c1c[nH]n2c(=O)cc(-c3ccc4c(c3)OCO4)nc12. The van der Waals surface area contributed by atoms with Gasteiger partial charge in [-0.05, 0) is 18.2 Å². The van der Waals surface area contributed by atoms with Crippen LogP contribution in [0.1, 0.15) is 5.56 Å². The Morgan fingerprint density at radius 3 is 2.96 bits per heavy atom. The number of nitrogens with one attached hydrogen (secondary N) is 1. The Balaban J connectivity index is 1.91. The molecular weight excluding hydrogens is 312 g/mol. The first kappa shape index (κ1) is 14.3. The topological polar surface area (TPSA) is 90.2 Å². The average Bonchev–Trinajstić information content (AvgIpc) is 3.22. The fourth-order valence-corrected chi connectivity index (χ4v) is 2.66. The van der Waals surface area contributed by atoms with Gasteiger partial charge in [0.15, 0.2) is 17.1 Å². The number of hydrogen-bond donors (Lipinski definition) is 1. The Bertz CT molecular complexity index is 1020. The molecule has 4 rings (SSSR count). The van der Waals surface area contributed by atoms with Crippen molar-refractivity contribution in [1.29, 1.82) is 0 Å². The first-order valence-corrected chi connectivity index (χ1v) is 7.23. The van der Waals surface area contributed by atoms with E-state index in [4.69, 9.17) is 14.2 Å². The van der Waals surface area contributed by atoms with Crippen molar-refractivity contribution in [3.05, 3.63) is 46.4 Å². The first-order valence-electron chi connectivity index (χ1n) is 7.23. The molecule has 0 fully saturated rings. The molecule has 8 nitrogen and oxygen atoms in total. The zero-order valence-electron chi connectivity index (χ0n) is 13.1. The third-order valence-electron chi connectivity index (χ3n) is 3.79. The summed E-state index contributed by atoms with van der Waals surface area (Å²) in [6.07, 6.45) is 1.64. The molecule has 0 atom stereocenters. The van der Waals surface area contributed by atoms with Crippen LogP contribution in [-0.4, -0.2) is 41.4 Å². The highest BCUT2D eigenvalue weighted by molar-refractivity contribution is 5.99. The molecule has 0 radical (unpaired) electrons. The number of benzene rings is 1. The number of aliphatic imine (C=N–C) groups is 1. The van der Waals surface area contributed by atoms with Gasteiger partial charge in [-0.1, -0.05) is 0 Å². The molecule has 0 spiro atoms. The van der Waals surface area contributed by atoms with Crippen molar-refractivity contribution in [1.82, 2.24) is 14.6 Å². The van der Waals surface area contributed by atoms with Gasteiger partial charge in [-0.15, -0.1) is 0 Å². The van der Waals surface area contributed by atoms with Gasteiger partial charge in [-0.2, -0.15) is 0 Å². The van der Waals surface area contributed by atoms with E-state index in [0.29, 0.717) is 34.3 Å². The maximum atomic E-state index is 12.4. The summed E-state index contributed by atoms with van der Waals surface area (Å²) >= 11 is 0. The van der Waals surface area contributed by atoms with E-state index in [1.54, 1.807) is 25.4 Å². The van der Waals surface area contributed by atoms with Crippen molar-refractivity contribution in [3.8, 4) is 22.8 Å². The number of H-pyrrole nitrogens is 1. The lowest BCUT2D eigenvalue weighted by molar-refractivity contribution is 0.174. The van der Waals surface area contributed by atoms with E-state index < -0.39 is 0 Å². The van der Waals surface area contributed by atoms with E-state index in [-0.39, 0.29) is 12.4 Å². The van der Waals surface area contributed by atoms with Gasteiger partial charge in [0.2, 0.25) is 12.7 Å². The quantitative estimate of drug-likeness (QED) is 0.568. The maximum absolute atomic E-state index is 12.4. The Labute approximate surface area is 136 Å². The number of aromatic amines is 1. The molecule has 0 amide bonds. The van der Waals surface area contributed by atoms with Crippen LogP contribution in [0.4, 0.5) is 0 Å². The van der Waals surface area contributed by atoms with Gasteiger partial charge in [0.25, 0.3) is 5.56 Å². The van der Waals surface area contributed by atoms with Crippen LogP contribution in [-0.2, 0) is 4.74 Å². The molecular formula is C16H14N4O4. The minimum atomic E-state index is -0.231. The van der Waals surface area contributed by atoms with Crippen LogP contribution in [0.5, 0.6) is 11.5 Å². The van der Waals surface area contributed by atoms with E-state index >= 15 is 0 Å². The van der Waals surface area contributed by atoms with Gasteiger partial charge in [0, 0.05) is 24.9 Å². The number of hydrogen-bond acceptors (Lipinski definition) is 6. The lowest BCUT2D eigenvalue weighted by Gasteiger charge is -2.05. The van der Waals surface area contributed by atoms with Crippen molar-refractivity contribution in [2.45, 2.75) is 0 Å². The average molecular weight is 326 g/mol. The third kappa shape index (κ3) is 2.11. The summed E-state index contributed by atoms with van der Waals surface area (Å²) < 4.78 is 17.3. The maximum Gasteiger partial charge on any atom is 0.273 e. The molecule has 1 aliphatic rings. The predicted octanol–water partition coefficient (Wildman–Crippen LogP) is 1.44. The van der Waals surface area contributed by atoms with Crippen molar-refractivity contribution < 1.29 is 14.2 Å². The smallest absolute Gasteiger partial charge is 0.273 e.